The molecule has 0 radical (unpaired) electrons. The van der Waals surface area contributed by atoms with E-state index in [9.17, 15) is 32.7 Å². The number of nitrogens with zero attached hydrogens (tertiary/aromatic N) is 4. The van der Waals surface area contributed by atoms with Gasteiger partial charge in [-0.3, -0.25) is 29.3 Å². The molecule has 1 aliphatic carbocycles. The number of carbonyl (C=O) groups is 4. The number of likely N-dealkylation sites (tertiary alicyclic amines) is 1. The first-order valence-electron chi connectivity index (χ1n) is 18.7. The van der Waals surface area contributed by atoms with Gasteiger partial charge in [0, 0.05) is 49.3 Å². The van der Waals surface area contributed by atoms with Gasteiger partial charge >= 0.3 is 12.2 Å². The normalized spacial score (nSPS) is 23.0. The SMILES string of the molecule is CC(C)(C)OC(=O)N1CCC(C)(C)c2ccc(N(C(=O)[C@H]3C[C@@](C)(O)CN3C(=O)OC(C)(C)C)C(C(=O)NC3CCC(F)(F)CC3)c3cncc(F)c3)cc21. The standard InChI is InChI=1S/C40H54F3N5O7/c1-36(2,3)54-34(51)46-17-16-38(7,8)28-11-10-27(19-29(28)46)48(33(50)30-20-39(9,53)23-47(30)35(52)55-37(4,5)6)31(24-18-25(41)22-44-21-24)32(49)45-26-12-14-40(42,43)15-13-26/h10-11,18-19,21-22,26,30-31,53H,12-17,20,23H2,1-9H3,(H,45,49)/t30-,31?,39-/m1/s1. The molecule has 2 aromatic rings. The molecule has 2 aliphatic heterocycles. The average Bonchev–Trinajstić information content (AvgIpc) is 3.38. The van der Waals surface area contributed by atoms with E-state index in [-0.39, 0.29) is 43.6 Å². The highest BCUT2D eigenvalue weighted by atomic mass is 19.3. The fourth-order valence-electron chi connectivity index (χ4n) is 7.44. The zero-order valence-electron chi connectivity index (χ0n) is 33.2. The Hall–Kier alpha value is -4.40. The van der Waals surface area contributed by atoms with Crippen LogP contribution in [0.15, 0.2) is 36.7 Å². The Bertz CT molecular complexity index is 1800. The molecule has 2 fully saturated rings. The molecule has 302 valence electrons. The first-order valence-corrected chi connectivity index (χ1v) is 18.7. The highest BCUT2D eigenvalue weighted by Crippen LogP contribution is 2.44. The summed E-state index contributed by atoms with van der Waals surface area (Å²) >= 11 is 0. The molecule has 2 N–H and O–H groups in total. The zero-order valence-corrected chi connectivity index (χ0v) is 33.2. The summed E-state index contributed by atoms with van der Waals surface area (Å²) in [5.74, 6) is -5.30. The topological polar surface area (TPSA) is 142 Å². The van der Waals surface area contributed by atoms with Crippen molar-refractivity contribution in [3.63, 3.8) is 0 Å². The number of aliphatic hydroxyl groups is 1. The number of ether oxygens (including phenoxy) is 2. The number of fused-ring (bicyclic) bond motifs is 1. The largest absolute Gasteiger partial charge is 0.444 e. The molecule has 5 rings (SSSR count). The van der Waals surface area contributed by atoms with Crippen LogP contribution < -0.4 is 15.1 Å². The highest BCUT2D eigenvalue weighted by molar-refractivity contribution is 6.05. The summed E-state index contributed by atoms with van der Waals surface area (Å²) in [5.41, 5.74) is -2.52. The van der Waals surface area contributed by atoms with Gasteiger partial charge in [-0.25, -0.2) is 22.8 Å². The Morgan fingerprint density at radius 1 is 0.945 bits per heavy atom. The second-order valence-electron chi connectivity index (χ2n) is 18.0. The summed E-state index contributed by atoms with van der Waals surface area (Å²) in [7, 11) is 0. The van der Waals surface area contributed by atoms with Gasteiger partial charge in [0.15, 0.2) is 0 Å². The maximum Gasteiger partial charge on any atom is 0.414 e. The van der Waals surface area contributed by atoms with E-state index >= 15 is 4.79 Å². The number of anilines is 2. The minimum atomic E-state index is -2.88. The number of β-amino-alcohol motifs (C(OH)–C–C–N with tert-alkyl or cyclic N) is 1. The molecule has 3 atom stereocenters. The van der Waals surface area contributed by atoms with Gasteiger partial charge in [-0.05, 0) is 96.9 Å². The van der Waals surface area contributed by atoms with Crippen molar-refractivity contribution in [1.29, 1.82) is 0 Å². The number of carbonyl (C=O) groups excluding carboxylic acids is 4. The second kappa shape index (κ2) is 14.9. The Labute approximate surface area is 320 Å². The molecule has 3 heterocycles. The molecule has 12 nitrogen and oxygen atoms in total. The maximum atomic E-state index is 15.3. The van der Waals surface area contributed by atoms with Crippen LogP contribution in [0.25, 0.3) is 0 Å². The molecule has 1 aromatic heterocycles. The lowest BCUT2D eigenvalue weighted by atomic mass is 9.77. The molecule has 1 unspecified atom stereocenters. The molecular weight excluding hydrogens is 719 g/mol. The van der Waals surface area contributed by atoms with Gasteiger partial charge in [0.2, 0.25) is 11.8 Å². The van der Waals surface area contributed by atoms with E-state index < -0.39 is 88.9 Å². The van der Waals surface area contributed by atoms with E-state index in [0.717, 1.165) is 27.6 Å². The van der Waals surface area contributed by atoms with Crippen molar-refractivity contribution in [1.82, 2.24) is 15.2 Å². The van der Waals surface area contributed by atoms with E-state index in [2.05, 4.69) is 10.3 Å². The van der Waals surface area contributed by atoms with Crippen LogP contribution >= 0.6 is 0 Å². The van der Waals surface area contributed by atoms with Gasteiger partial charge < -0.3 is 19.9 Å². The fourth-order valence-corrected chi connectivity index (χ4v) is 7.44. The number of amides is 4. The van der Waals surface area contributed by atoms with Crippen LogP contribution in [0.4, 0.5) is 34.1 Å². The highest BCUT2D eigenvalue weighted by Gasteiger charge is 2.50. The van der Waals surface area contributed by atoms with Crippen molar-refractivity contribution in [3.8, 4) is 0 Å². The van der Waals surface area contributed by atoms with E-state index in [1.807, 2.05) is 13.8 Å². The van der Waals surface area contributed by atoms with Crippen molar-refractivity contribution in [2.45, 2.75) is 147 Å². The van der Waals surface area contributed by atoms with Crippen LogP contribution in [0.1, 0.15) is 118 Å². The minimum absolute atomic E-state index is 0.0303. The molecule has 0 bridgehead atoms. The lowest BCUT2D eigenvalue weighted by Crippen LogP contribution is -2.54. The third-order valence-corrected chi connectivity index (χ3v) is 10.1. The molecular formula is C40H54F3N5O7. The lowest BCUT2D eigenvalue weighted by molar-refractivity contribution is -0.129. The van der Waals surface area contributed by atoms with Crippen molar-refractivity contribution in [3.05, 3.63) is 53.6 Å². The van der Waals surface area contributed by atoms with Gasteiger partial charge in [-0.2, -0.15) is 0 Å². The first kappa shape index (κ1) is 41.8. The summed E-state index contributed by atoms with van der Waals surface area (Å²) in [6.45, 7) is 15.7. The molecule has 1 saturated carbocycles. The zero-order chi connectivity index (χ0) is 40.9. The molecule has 3 aliphatic rings. The number of alkyl halides is 2. The summed E-state index contributed by atoms with van der Waals surface area (Å²) in [5, 5.41) is 14.1. The number of halogens is 3. The van der Waals surface area contributed by atoms with Crippen molar-refractivity contribution in [2.75, 3.05) is 22.9 Å². The number of aromatic nitrogens is 1. The van der Waals surface area contributed by atoms with Crippen LogP contribution in [-0.4, -0.2) is 86.9 Å². The van der Waals surface area contributed by atoms with Crippen LogP contribution in [0.2, 0.25) is 0 Å². The lowest BCUT2D eigenvalue weighted by Gasteiger charge is -2.41. The van der Waals surface area contributed by atoms with Crippen LogP contribution in [0.3, 0.4) is 0 Å². The van der Waals surface area contributed by atoms with Gasteiger partial charge in [0.25, 0.3) is 5.91 Å². The smallest absolute Gasteiger partial charge is 0.414 e. The quantitative estimate of drug-likeness (QED) is 0.315. The molecule has 0 spiro atoms. The average molecular weight is 774 g/mol. The predicted molar refractivity (Wildman–Crippen MR) is 199 cm³/mol. The number of hydrogen-bond donors (Lipinski definition) is 2. The van der Waals surface area contributed by atoms with Gasteiger partial charge in [-0.1, -0.05) is 19.9 Å². The minimum Gasteiger partial charge on any atom is -0.444 e. The third-order valence-electron chi connectivity index (χ3n) is 10.1. The predicted octanol–water partition coefficient (Wildman–Crippen LogP) is 7.17. The molecule has 15 heteroatoms. The number of nitrogens with one attached hydrogen (secondary N) is 1. The van der Waals surface area contributed by atoms with E-state index in [1.165, 1.54) is 18.0 Å². The van der Waals surface area contributed by atoms with Crippen LogP contribution in [-0.2, 0) is 24.5 Å². The number of hydrogen-bond acceptors (Lipinski definition) is 8. The molecule has 55 heavy (non-hydrogen) atoms. The third kappa shape index (κ3) is 9.89. The van der Waals surface area contributed by atoms with E-state index in [1.54, 1.807) is 59.7 Å². The van der Waals surface area contributed by atoms with E-state index in [0.29, 0.717) is 12.1 Å². The summed E-state index contributed by atoms with van der Waals surface area (Å²) in [6, 6.07) is 2.30. The van der Waals surface area contributed by atoms with Gasteiger partial charge in [-0.15, -0.1) is 0 Å². The number of pyridine rings is 1. The van der Waals surface area contributed by atoms with Crippen molar-refractivity contribution >= 4 is 35.4 Å². The first-order chi connectivity index (χ1) is 25.3. The Kier molecular flexibility index (Phi) is 11.3. The summed E-state index contributed by atoms with van der Waals surface area (Å²) < 4.78 is 54.6. The fraction of sp³-hybridized carbons (Fsp3) is 0.625. The van der Waals surface area contributed by atoms with E-state index in [4.69, 9.17) is 9.47 Å². The number of benzene rings is 1. The van der Waals surface area contributed by atoms with Gasteiger partial charge in [0.05, 0.1) is 24.0 Å². The molecule has 1 saturated heterocycles. The Morgan fingerprint density at radius 2 is 1.56 bits per heavy atom. The number of rotatable bonds is 6. The van der Waals surface area contributed by atoms with Gasteiger partial charge in [0.1, 0.15) is 29.1 Å². The van der Waals surface area contributed by atoms with Crippen LogP contribution in [0.5, 0.6) is 0 Å². The van der Waals surface area contributed by atoms with Crippen LogP contribution in [0, 0.1) is 5.82 Å². The molecule has 1 aromatic carbocycles. The molecule has 4 amide bonds. The monoisotopic (exact) mass is 773 g/mol. The maximum absolute atomic E-state index is 15.3. The summed E-state index contributed by atoms with van der Waals surface area (Å²) in [6.07, 6.45) is 0.0597. The second-order valence-corrected chi connectivity index (χ2v) is 18.0. The Morgan fingerprint density at radius 3 is 2.16 bits per heavy atom. The Balaban J connectivity index is 1.70. The van der Waals surface area contributed by atoms with Crippen molar-refractivity contribution in [2.24, 2.45) is 0 Å². The van der Waals surface area contributed by atoms with Crippen molar-refractivity contribution < 1.29 is 46.9 Å². The summed E-state index contributed by atoms with van der Waals surface area (Å²) in [4.78, 5) is 64.8.